The van der Waals surface area contributed by atoms with Crippen molar-refractivity contribution in [3.8, 4) is 16.9 Å². The SMILES string of the molecule is Cc1ccc(S(=O)(=O)c2ccccc2)cc1-c1cc(Cl)ccc1OCC(=O)OC(C)(C)C. The number of halogens is 1. The van der Waals surface area contributed by atoms with Crippen molar-refractivity contribution in [2.24, 2.45) is 0 Å². The minimum absolute atomic E-state index is 0.155. The van der Waals surface area contributed by atoms with Crippen LogP contribution in [0.25, 0.3) is 11.1 Å². The molecule has 0 atom stereocenters. The number of hydrogen-bond acceptors (Lipinski definition) is 5. The van der Waals surface area contributed by atoms with Gasteiger partial charge in [-0.05, 0) is 81.3 Å². The molecule has 168 valence electrons. The van der Waals surface area contributed by atoms with Crippen LogP contribution in [0.1, 0.15) is 26.3 Å². The molecule has 0 aliphatic carbocycles. The molecule has 0 saturated carbocycles. The van der Waals surface area contributed by atoms with E-state index in [1.54, 1.807) is 87.5 Å². The van der Waals surface area contributed by atoms with E-state index < -0.39 is 21.4 Å². The molecule has 32 heavy (non-hydrogen) atoms. The maximum atomic E-state index is 13.1. The summed E-state index contributed by atoms with van der Waals surface area (Å²) in [5, 5.41) is 0.459. The number of aryl methyl sites for hydroxylation is 1. The van der Waals surface area contributed by atoms with Crippen LogP contribution in [0.4, 0.5) is 0 Å². The van der Waals surface area contributed by atoms with Crippen molar-refractivity contribution >= 4 is 27.4 Å². The van der Waals surface area contributed by atoms with Gasteiger partial charge in [-0.15, -0.1) is 0 Å². The molecule has 0 fully saturated rings. The zero-order valence-electron chi connectivity index (χ0n) is 18.4. The minimum Gasteiger partial charge on any atom is -0.481 e. The Morgan fingerprint density at radius 3 is 2.25 bits per heavy atom. The molecule has 0 N–H and O–H groups in total. The van der Waals surface area contributed by atoms with Crippen molar-refractivity contribution < 1.29 is 22.7 Å². The monoisotopic (exact) mass is 472 g/mol. The lowest BCUT2D eigenvalue weighted by Gasteiger charge is -2.20. The third-order valence-electron chi connectivity index (χ3n) is 4.57. The van der Waals surface area contributed by atoms with E-state index in [4.69, 9.17) is 21.1 Å². The van der Waals surface area contributed by atoms with E-state index in [0.717, 1.165) is 5.56 Å². The van der Waals surface area contributed by atoms with Gasteiger partial charge < -0.3 is 9.47 Å². The van der Waals surface area contributed by atoms with Crippen molar-refractivity contribution in [2.45, 2.75) is 43.1 Å². The van der Waals surface area contributed by atoms with E-state index in [0.29, 0.717) is 21.9 Å². The Bertz CT molecular complexity index is 1230. The molecule has 0 saturated heterocycles. The number of benzene rings is 3. The fourth-order valence-electron chi connectivity index (χ4n) is 3.14. The molecule has 7 heteroatoms. The predicted octanol–water partition coefficient (Wildman–Crippen LogP) is 5.87. The average Bonchev–Trinajstić information content (AvgIpc) is 2.72. The highest BCUT2D eigenvalue weighted by Gasteiger charge is 2.21. The Balaban J connectivity index is 2.00. The summed E-state index contributed by atoms with van der Waals surface area (Å²) in [7, 11) is -3.70. The number of esters is 1. The van der Waals surface area contributed by atoms with Gasteiger partial charge in [-0.3, -0.25) is 0 Å². The lowest BCUT2D eigenvalue weighted by molar-refractivity contribution is -0.157. The summed E-state index contributed by atoms with van der Waals surface area (Å²) in [6.07, 6.45) is 0. The summed E-state index contributed by atoms with van der Waals surface area (Å²) in [6, 6.07) is 18.2. The van der Waals surface area contributed by atoms with Crippen molar-refractivity contribution in [1.29, 1.82) is 0 Å². The van der Waals surface area contributed by atoms with Gasteiger partial charge in [-0.1, -0.05) is 35.9 Å². The van der Waals surface area contributed by atoms with Crippen molar-refractivity contribution in [3.63, 3.8) is 0 Å². The third kappa shape index (κ3) is 5.69. The smallest absolute Gasteiger partial charge is 0.344 e. The Morgan fingerprint density at radius 1 is 0.906 bits per heavy atom. The molecule has 0 aliphatic heterocycles. The third-order valence-corrected chi connectivity index (χ3v) is 6.57. The maximum Gasteiger partial charge on any atom is 0.344 e. The number of rotatable bonds is 6. The first-order chi connectivity index (χ1) is 15.0. The molecule has 0 amide bonds. The van der Waals surface area contributed by atoms with Gasteiger partial charge in [0.15, 0.2) is 6.61 Å². The van der Waals surface area contributed by atoms with E-state index in [-0.39, 0.29) is 16.4 Å². The van der Waals surface area contributed by atoms with Crippen LogP contribution in [0, 0.1) is 6.92 Å². The quantitative estimate of drug-likeness (QED) is 0.420. The molecule has 0 bridgehead atoms. The first kappa shape index (κ1) is 23.8. The van der Waals surface area contributed by atoms with Gasteiger partial charge in [0.05, 0.1) is 9.79 Å². The average molecular weight is 473 g/mol. The largest absolute Gasteiger partial charge is 0.481 e. The van der Waals surface area contributed by atoms with Crippen LogP contribution in [0.15, 0.2) is 76.5 Å². The van der Waals surface area contributed by atoms with Gasteiger partial charge in [-0.25, -0.2) is 13.2 Å². The number of carbonyl (C=O) groups is 1. The topological polar surface area (TPSA) is 69.7 Å². The Morgan fingerprint density at radius 2 is 1.59 bits per heavy atom. The highest BCUT2D eigenvalue weighted by atomic mass is 35.5. The molecule has 0 heterocycles. The second-order valence-corrected chi connectivity index (χ2v) is 10.7. The Hall–Kier alpha value is -2.83. The molecular formula is C25H25ClO5S. The Labute approximate surface area is 193 Å². The van der Waals surface area contributed by atoms with E-state index in [2.05, 4.69) is 0 Å². The fourth-order valence-corrected chi connectivity index (χ4v) is 4.62. The van der Waals surface area contributed by atoms with Crippen LogP contribution in [0.3, 0.4) is 0 Å². The maximum absolute atomic E-state index is 13.1. The van der Waals surface area contributed by atoms with Crippen molar-refractivity contribution in [1.82, 2.24) is 0 Å². The lowest BCUT2D eigenvalue weighted by Crippen LogP contribution is -2.27. The standard InChI is InChI=1S/C25H25ClO5S/c1-17-10-12-20(32(28,29)19-8-6-5-7-9-19)15-21(17)22-14-18(26)11-13-23(22)30-16-24(27)31-25(2,3)4/h5-15H,16H2,1-4H3. The summed E-state index contributed by atoms with van der Waals surface area (Å²) >= 11 is 6.23. The number of hydrogen-bond donors (Lipinski definition) is 0. The van der Waals surface area contributed by atoms with E-state index in [9.17, 15) is 13.2 Å². The molecule has 3 aromatic rings. The number of ether oxygens (including phenoxy) is 2. The molecule has 0 aliphatic rings. The van der Waals surface area contributed by atoms with Gasteiger partial charge in [0.2, 0.25) is 9.84 Å². The molecule has 5 nitrogen and oxygen atoms in total. The van der Waals surface area contributed by atoms with Crippen LogP contribution in [-0.4, -0.2) is 26.6 Å². The highest BCUT2D eigenvalue weighted by molar-refractivity contribution is 7.91. The normalized spacial score (nSPS) is 11.8. The second kappa shape index (κ2) is 9.35. The zero-order chi connectivity index (χ0) is 23.5. The molecule has 0 radical (unpaired) electrons. The van der Waals surface area contributed by atoms with Crippen molar-refractivity contribution in [2.75, 3.05) is 6.61 Å². The summed E-state index contributed by atoms with van der Waals surface area (Å²) in [4.78, 5) is 12.5. The Kier molecular flexibility index (Phi) is 6.96. The van der Waals surface area contributed by atoms with Gasteiger partial charge in [-0.2, -0.15) is 0 Å². The summed E-state index contributed by atoms with van der Waals surface area (Å²) in [5.74, 6) is -0.104. The summed E-state index contributed by atoms with van der Waals surface area (Å²) in [6.45, 7) is 6.92. The van der Waals surface area contributed by atoms with Gasteiger partial charge >= 0.3 is 5.97 Å². The predicted molar refractivity (Wildman–Crippen MR) is 125 cm³/mol. The van der Waals surface area contributed by atoms with Crippen molar-refractivity contribution in [3.05, 3.63) is 77.3 Å². The van der Waals surface area contributed by atoms with Crippen LogP contribution in [-0.2, 0) is 19.4 Å². The van der Waals surface area contributed by atoms with Crippen LogP contribution in [0.2, 0.25) is 5.02 Å². The zero-order valence-corrected chi connectivity index (χ0v) is 20.0. The van der Waals surface area contributed by atoms with Gasteiger partial charge in [0.1, 0.15) is 11.4 Å². The van der Waals surface area contributed by atoms with Crippen LogP contribution in [0.5, 0.6) is 5.75 Å². The van der Waals surface area contributed by atoms with E-state index in [1.165, 1.54) is 0 Å². The van der Waals surface area contributed by atoms with Gasteiger partial charge in [0.25, 0.3) is 0 Å². The number of sulfone groups is 1. The lowest BCUT2D eigenvalue weighted by atomic mass is 10.00. The summed E-state index contributed by atoms with van der Waals surface area (Å²) in [5.41, 5.74) is 1.44. The number of carbonyl (C=O) groups excluding carboxylic acids is 1. The molecule has 0 spiro atoms. The summed E-state index contributed by atoms with van der Waals surface area (Å²) < 4.78 is 37.3. The first-order valence-corrected chi connectivity index (χ1v) is 11.9. The highest BCUT2D eigenvalue weighted by Crippen LogP contribution is 2.36. The van der Waals surface area contributed by atoms with E-state index >= 15 is 0 Å². The van der Waals surface area contributed by atoms with Gasteiger partial charge in [0, 0.05) is 10.6 Å². The van der Waals surface area contributed by atoms with E-state index in [1.807, 2.05) is 6.92 Å². The minimum atomic E-state index is -3.70. The molecule has 0 unspecified atom stereocenters. The second-order valence-electron chi connectivity index (χ2n) is 8.31. The van der Waals surface area contributed by atoms with Crippen LogP contribution < -0.4 is 4.74 Å². The molecular weight excluding hydrogens is 448 g/mol. The molecule has 3 aromatic carbocycles. The van der Waals surface area contributed by atoms with Crippen LogP contribution >= 0.6 is 11.6 Å². The fraction of sp³-hybridized carbons (Fsp3) is 0.240. The first-order valence-electron chi connectivity index (χ1n) is 10.0. The molecule has 3 rings (SSSR count). The molecule has 0 aromatic heterocycles.